The molecule has 0 aromatic heterocycles. The van der Waals surface area contributed by atoms with Crippen molar-refractivity contribution in [1.29, 1.82) is 0 Å². The predicted molar refractivity (Wildman–Crippen MR) is 86.2 cm³/mol. The number of ether oxygens (including phenoxy) is 3. The Hall–Kier alpha value is -1.26. The van der Waals surface area contributed by atoms with Crippen LogP contribution in [0.25, 0.3) is 0 Å². The van der Waals surface area contributed by atoms with E-state index in [1.807, 2.05) is 19.1 Å². The van der Waals surface area contributed by atoms with Gasteiger partial charge in [-0.05, 0) is 37.1 Å². The topological polar surface area (TPSA) is 39.7 Å². The zero-order valence-corrected chi connectivity index (χ0v) is 14.1. The molecule has 0 aliphatic rings. The fraction of sp³-hybridized carbons (Fsp3) is 0.647. The monoisotopic (exact) mass is 295 g/mol. The van der Waals surface area contributed by atoms with Gasteiger partial charge in [0, 0.05) is 6.61 Å². The molecule has 1 rings (SSSR count). The molecule has 0 bridgehead atoms. The molecule has 0 amide bonds. The number of methoxy groups -OCH3 is 2. The molecule has 1 aromatic carbocycles. The summed E-state index contributed by atoms with van der Waals surface area (Å²) in [5, 5.41) is 3.53. The molecule has 0 fully saturated rings. The summed E-state index contributed by atoms with van der Waals surface area (Å²) < 4.78 is 16.7. The molecular formula is C17H29NO3. The number of nitrogens with one attached hydrogen (secondary N) is 1. The van der Waals surface area contributed by atoms with Crippen LogP contribution in [0, 0.1) is 5.92 Å². The summed E-state index contributed by atoms with van der Waals surface area (Å²) in [6.07, 6.45) is 0.119. The molecule has 0 aliphatic heterocycles. The van der Waals surface area contributed by atoms with E-state index in [9.17, 15) is 0 Å². The fourth-order valence-electron chi connectivity index (χ4n) is 2.56. The van der Waals surface area contributed by atoms with E-state index in [-0.39, 0.29) is 12.1 Å². The highest BCUT2D eigenvalue weighted by molar-refractivity contribution is 5.44. The first-order valence-electron chi connectivity index (χ1n) is 7.65. The minimum Gasteiger partial charge on any atom is -0.493 e. The summed E-state index contributed by atoms with van der Waals surface area (Å²) in [6, 6.07) is 6.18. The summed E-state index contributed by atoms with van der Waals surface area (Å²) >= 11 is 0. The van der Waals surface area contributed by atoms with E-state index >= 15 is 0 Å². The third-order valence-electron chi connectivity index (χ3n) is 3.54. The third-order valence-corrected chi connectivity index (χ3v) is 3.54. The zero-order chi connectivity index (χ0) is 15.8. The molecule has 1 aromatic rings. The smallest absolute Gasteiger partial charge is 0.161 e. The van der Waals surface area contributed by atoms with Crippen LogP contribution in [0.3, 0.4) is 0 Å². The van der Waals surface area contributed by atoms with E-state index in [1.165, 1.54) is 0 Å². The van der Waals surface area contributed by atoms with Gasteiger partial charge in [0.25, 0.3) is 0 Å². The van der Waals surface area contributed by atoms with Gasteiger partial charge in [0.1, 0.15) is 0 Å². The van der Waals surface area contributed by atoms with E-state index in [4.69, 9.17) is 14.2 Å². The van der Waals surface area contributed by atoms with Crippen LogP contribution in [-0.4, -0.2) is 33.5 Å². The van der Waals surface area contributed by atoms with E-state index in [0.717, 1.165) is 23.6 Å². The van der Waals surface area contributed by atoms with Crippen molar-refractivity contribution in [3.8, 4) is 11.5 Å². The highest BCUT2D eigenvalue weighted by Crippen LogP contribution is 2.33. The van der Waals surface area contributed by atoms with Gasteiger partial charge in [0.2, 0.25) is 0 Å². The SMILES string of the molecule is CCNC(c1ccc(OC)c(OC)c1)C(OCC)C(C)C. The van der Waals surface area contributed by atoms with Crippen molar-refractivity contribution >= 4 is 0 Å². The lowest BCUT2D eigenvalue weighted by atomic mass is 9.93. The molecule has 0 heterocycles. The molecule has 0 saturated carbocycles. The van der Waals surface area contributed by atoms with Crippen molar-refractivity contribution in [2.75, 3.05) is 27.4 Å². The highest BCUT2D eigenvalue weighted by atomic mass is 16.5. The first kappa shape index (κ1) is 17.8. The zero-order valence-electron chi connectivity index (χ0n) is 14.1. The van der Waals surface area contributed by atoms with Crippen molar-refractivity contribution < 1.29 is 14.2 Å². The Morgan fingerprint density at radius 3 is 2.19 bits per heavy atom. The second kappa shape index (κ2) is 8.90. The largest absolute Gasteiger partial charge is 0.493 e. The van der Waals surface area contributed by atoms with Gasteiger partial charge in [0.05, 0.1) is 26.4 Å². The minimum absolute atomic E-state index is 0.119. The standard InChI is InChI=1S/C17H29NO3/c1-7-18-16(17(12(3)4)21-8-2)13-9-10-14(19-5)15(11-13)20-6/h9-12,16-18H,7-8H2,1-6H3. The number of hydrogen-bond acceptors (Lipinski definition) is 4. The molecule has 0 saturated heterocycles. The quantitative estimate of drug-likeness (QED) is 0.758. The normalized spacial score (nSPS) is 14.0. The van der Waals surface area contributed by atoms with Gasteiger partial charge in [-0.25, -0.2) is 0 Å². The van der Waals surface area contributed by atoms with E-state index < -0.39 is 0 Å². The summed E-state index contributed by atoms with van der Waals surface area (Å²) in [5.74, 6) is 1.91. The molecule has 4 nitrogen and oxygen atoms in total. The predicted octanol–water partition coefficient (Wildman–Crippen LogP) is 3.42. The van der Waals surface area contributed by atoms with Crippen LogP contribution in [0.1, 0.15) is 39.3 Å². The van der Waals surface area contributed by atoms with Crippen LogP contribution in [0.4, 0.5) is 0 Å². The molecule has 2 atom stereocenters. The van der Waals surface area contributed by atoms with Crippen LogP contribution in [0.15, 0.2) is 18.2 Å². The van der Waals surface area contributed by atoms with Crippen LogP contribution < -0.4 is 14.8 Å². The van der Waals surface area contributed by atoms with E-state index in [1.54, 1.807) is 14.2 Å². The molecule has 1 N–H and O–H groups in total. The Balaban J connectivity index is 3.14. The van der Waals surface area contributed by atoms with Crippen molar-refractivity contribution in [2.45, 2.75) is 39.8 Å². The maximum atomic E-state index is 5.97. The Morgan fingerprint density at radius 1 is 1.05 bits per heavy atom. The van der Waals surface area contributed by atoms with Crippen LogP contribution in [0.5, 0.6) is 11.5 Å². The maximum absolute atomic E-state index is 5.97. The molecule has 21 heavy (non-hydrogen) atoms. The average Bonchev–Trinajstić information content (AvgIpc) is 2.49. The fourth-order valence-corrected chi connectivity index (χ4v) is 2.56. The number of benzene rings is 1. The summed E-state index contributed by atoms with van der Waals surface area (Å²) in [4.78, 5) is 0. The third kappa shape index (κ3) is 4.61. The number of rotatable bonds is 9. The molecule has 0 spiro atoms. The van der Waals surface area contributed by atoms with Crippen LogP contribution >= 0.6 is 0 Å². The lowest BCUT2D eigenvalue weighted by Gasteiger charge is -2.31. The molecular weight excluding hydrogens is 266 g/mol. The lowest BCUT2D eigenvalue weighted by molar-refractivity contribution is 0.00313. The Kier molecular flexibility index (Phi) is 7.54. The second-order valence-corrected chi connectivity index (χ2v) is 5.31. The highest BCUT2D eigenvalue weighted by Gasteiger charge is 2.26. The minimum atomic E-state index is 0.119. The Morgan fingerprint density at radius 2 is 1.71 bits per heavy atom. The van der Waals surface area contributed by atoms with Crippen LogP contribution in [0.2, 0.25) is 0 Å². The van der Waals surface area contributed by atoms with Crippen molar-refractivity contribution in [2.24, 2.45) is 5.92 Å². The Labute approximate surface area is 128 Å². The van der Waals surface area contributed by atoms with E-state index in [0.29, 0.717) is 12.5 Å². The maximum Gasteiger partial charge on any atom is 0.161 e. The van der Waals surface area contributed by atoms with Gasteiger partial charge in [-0.1, -0.05) is 26.8 Å². The average molecular weight is 295 g/mol. The Bertz CT molecular complexity index is 420. The molecule has 0 aliphatic carbocycles. The lowest BCUT2D eigenvalue weighted by Crippen LogP contribution is -2.37. The van der Waals surface area contributed by atoms with Gasteiger partial charge >= 0.3 is 0 Å². The van der Waals surface area contributed by atoms with Gasteiger partial charge in [-0.3, -0.25) is 0 Å². The first-order valence-corrected chi connectivity index (χ1v) is 7.65. The first-order chi connectivity index (χ1) is 10.1. The van der Waals surface area contributed by atoms with Gasteiger partial charge in [0.15, 0.2) is 11.5 Å². The van der Waals surface area contributed by atoms with Crippen LogP contribution in [-0.2, 0) is 4.74 Å². The van der Waals surface area contributed by atoms with Crippen molar-refractivity contribution in [3.05, 3.63) is 23.8 Å². The molecule has 120 valence electrons. The van der Waals surface area contributed by atoms with Gasteiger partial charge < -0.3 is 19.5 Å². The van der Waals surface area contributed by atoms with E-state index in [2.05, 4.69) is 32.2 Å². The second-order valence-electron chi connectivity index (χ2n) is 5.31. The molecule has 0 radical (unpaired) electrons. The van der Waals surface area contributed by atoms with Gasteiger partial charge in [-0.2, -0.15) is 0 Å². The number of hydrogen-bond donors (Lipinski definition) is 1. The number of likely N-dealkylation sites (N-methyl/N-ethyl adjacent to an activating group) is 1. The summed E-state index contributed by atoms with van der Waals surface area (Å²) in [7, 11) is 3.31. The van der Waals surface area contributed by atoms with Crippen molar-refractivity contribution in [3.63, 3.8) is 0 Å². The summed E-state index contributed by atoms with van der Waals surface area (Å²) in [5.41, 5.74) is 1.15. The molecule has 2 unspecified atom stereocenters. The summed E-state index contributed by atoms with van der Waals surface area (Å²) in [6.45, 7) is 10.1. The molecule has 4 heteroatoms. The van der Waals surface area contributed by atoms with Crippen molar-refractivity contribution in [1.82, 2.24) is 5.32 Å². The van der Waals surface area contributed by atoms with Gasteiger partial charge in [-0.15, -0.1) is 0 Å².